The molecule has 3 aromatic rings. The predicted octanol–water partition coefficient (Wildman–Crippen LogP) is 1.29. The van der Waals surface area contributed by atoms with Gasteiger partial charge in [0.2, 0.25) is 5.16 Å². The zero-order valence-electron chi connectivity index (χ0n) is 15.9. The van der Waals surface area contributed by atoms with Crippen molar-refractivity contribution in [2.24, 2.45) is 0 Å². The molecule has 2 aromatic heterocycles. The minimum absolute atomic E-state index is 0. The largest absolute Gasteiger partial charge is 2.00 e. The van der Waals surface area contributed by atoms with Crippen LogP contribution in [0.2, 0.25) is 5.02 Å². The van der Waals surface area contributed by atoms with Crippen molar-refractivity contribution in [1.82, 2.24) is 14.6 Å². The first-order valence-electron chi connectivity index (χ1n) is 7.77. The van der Waals surface area contributed by atoms with Gasteiger partial charge in [-0.1, -0.05) is 23.4 Å². The van der Waals surface area contributed by atoms with E-state index in [1.807, 2.05) is 41.1 Å². The molecule has 0 aliphatic heterocycles. The second-order valence-electron chi connectivity index (χ2n) is 5.13. The van der Waals surface area contributed by atoms with E-state index in [1.165, 1.54) is 11.8 Å². The minimum atomic E-state index is -1.08. The van der Waals surface area contributed by atoms with Crippen LogP contribution in [0.5, 0.6) is 5.75 Å². The van der Waals surface area contributed by atoms with Crippen LogP contribution in [0.15, 0.2) is 41.7 Å². The molecule has 29 heavy (non-hydrogen) atoms. The molecular formula is C18H18ClN3O5PdS. The third-order valence-corrected chi connectivity index (χ3v) is 3.78. The number of rotatable bonds is 3. The number of ether oxygens (including phenoxy) is 1. The monoisotopic (exact) mass is 529 g/mol. The number of carboxylic acid groups (broad SMARTS) is 2. The van der Waals surface area contributed by atoms with E-state index in [1.54, 1.807) is 13.3 Å². The summed E-state index contributed by atoms with van der Waals surface area (Å²) in [6, 6.07) is 9.50. The Bertz CT molecular complexity index is 948. The van der Waals surface area contributed by atoms with Crippen LogP contribution >= 0.6 is 23.4 Å². The van der Waals surface area contributed by atoms with Gasteiger partial charge in [0.15, 0.2) is 0 Å². The molecule has 0 spiro atoms. The molecule has 0 unspecified atom stereocenters. The van der Waals surface area contributed by atoms with E-state index in [0.29, 0.717) is 5.02 Å². The minimum Gasteiger partial charge on any atom is -0.550 e. The zero-order valence-corrected chi connectivity index (χ0v) is 19.1. The summed E-state index contributed by atoms with van der Waals surface area (Å²) in [7, 11) is 1.64. The number of hydrogen-bond acceptors (Lipinski definition) is 8. The number of nitrogens with zero attached hydrogens (tertiary/aromatic N) is 3. The summed E-state index contributed by atoms with van der Waals surface area (Å²) in [6.07, 6.45) is 3.75. The first kappa shape index (κ1) is 26.9. The Morgan fingerprint density at radius 2 is 1.72 bits per heavy atom. The summed E-state index contributed by atoms with van der Waals surface area (Å²) in [5, 5.41) is 23.7. The molecule has 0 amide bonds. The fraction of sp³-hybridized carbons (Fsp3) is 0.222. The average Bonchev–Trinajstić information content (AvgIpc) is 3.03. The number of aliphatic carboxylic acids is 2. The van der Waals surface area contributed by atoms with Crippen LogP contribution in [0.3, 0.4) is 0 Å². The van der Waals surface area contributed by atoms with Crippen molar-refractivity contribution in [3.8, 4) is 17.0 Å². The number of methoxy groups -OCH3 is 1. The van der Waals surface area contributed by atoms with E-state index in [9.17, 15) is 0 Å². The fourth-order valence-electron chi connectivity index (χ4n) is 2.06. The number of thioether (sulfide) groups is 1. The molecule has 0 aliphatic carbocycles. The van der Waals surface area contributed by atoms with E-state index in [-0.39, 0.29) is 20.4 Å². The standard InChI is InChI=1S/C14H12ClN3OS.2C2H4O2.Pd/c1-19-13-6-3-9(15)7-11(13)12-5-4-10-8-16-14(20-2)17-18(10)12;2*1-2(3)4;/h3-8H,1-2H3;2*1H3,(H,3,4);/q;;;+2/p-2. The van der Waals surface area contributed by atoms with E-state index >= 15 is 0 Å². The summed E-state index contributed by atoms with van der Waals surface area (Å²) in [5.41, 5.74) is 2.77. The maximum absolute atomic E-state index is 8.89. The van der Waals surface area contributed by atoms with Gasteiger partial charge >= 0.3 is 20.4 Å². The van der Waals surface area contributed by atoms with Gasteiger partial charge in [-0.15, -0.1) is 5.10 Å². The number of aromatic nitrogens is 3. The van der Waals surface area contributed by atoms with E-state index in [2.05, 4.69) is 10.1 Å². The van der Waals surface area contributed by atoms with Gasteiger partial charge in [0.05, 0.1) is 24.5 Å². The molecule has 0 N–H and O–H groups in total. The maximum atomic E-state index is 8.89. The van der Waals surface area contributed by atoms with E-state index in [0.717, 1.165) is 41.5 Å². The first-order chi connectivity index (χ1) is 13.2. The normalized spacial score (nSPS) is 9.28. The number of fused-ring (bicyclic) bond motifs is 1. The summed E-state index contributed by atoms with van der Waals surface area (Å²) < 4.78 is 7.26. The van der Waals surface area contributed by atoms with Gasteiger partial charge in [-0.2, -0.15) is 0 Å². The quantitative estimate of drug-likeness (QED) is 0.367. The van der Waals surface area contributed by atoms with Gasteiger partial charge in [0, 0.05) is 22.5 Å². The van der Waals surface area contributed by atoms with Gasteiger partial charge in [-0.3, -0.25) is 0 Å². The maximum Gasteiger partial charge on any atom is 2.00 e. The number of benzene rings is 1. The second-order valence-corrected chi connectivity index (χ2v) is 6.34. The number of carboxylic acids is 2. The van der Waals surface area contributed by atoms with Crippen LogP contribution < -0.4 is 14.9 Å². The van der Waals surface area contributed by atoms with Crippen molar-refractivity contribution in [3.05, 3.63) is 41.6 Å². The van der Waals surface area contributed by atoms with Gasteiger partial charge in [-0.25, -0.2) is 9.50 Å². The molecule has 0 radical (unpaired) electrons. The average molecular weight is 530 g/mol. The molecule has 3 rings (SSSR count). The Morgan fingerprint density at radius 3 is 2.24 bits per heavy atom. The topological polar surface area (TPSA) is 120 Å². The van der Waals surface area contributed by atoms with Crippen LogP contribution in [0.1, 0.15) is 13.8 Å². The molecule has 0 saturated carbocycles. The fourth-order valence-corrected chi connectivity index (χ4v) is 2.56. The zero-order chi connectivity index (χ0) is 21.3. The van der Waals surface area contributed by atoms with Gasteiger partial charge in [0.25, 0.3) is 0 Å². The van der Waals surface area contributed by atoms with Crippen molar-refractivity contribution in [1.29, 1.82) is 0 Å². The Labute approximate surface area is 190 Å². The van der Waals surface area contributed by atoms with E-state index in [4.69, 9.17) is 36.1 Å². The molecule has 0 saturated heterocycles. The van der Waals surface area contributed by atoms with Crippen LogP contribution in [0.4, 0.5) is 0 Å². The number of carbonyl (C=O) groups is 2. The van der Waals surface area contributed by atoms with Gasteiger partial charge in [-0.05, 0) is 50.4 Å². The second kappa shape index (κ2) is 13.2. The molecule has 158 valence electrons. The molecule has 2 heterocycles. The third kappa shape index (κ3) is 8.83. The third-order valence-electron chi connectivity index (χ3n) is 3.00. The first-order valence-corrected chi connectivity index (χ1v) is 9.37. The Hall–Kier alpha value is -2.12. The smallest absolute Gasteiger partial charge is 0.550 e. The molecule has 11 heteroatoms. The van der Waals surface area contributed by atoms with E-state index < -0.39 is 11.9 Å². The Kier molecular flexibility index (Phi) is 12.2. The van der Waals surface area contributed by atoms with Crippen molar-refractivity contribution < 1.29 is 45.0 Å². The molecule has 0 fully saturated rings. The summed E-state index contributed by atoms with van der Waals surface area (Å²) >= 11 is 7.60. The number of halogens is 1. The number of carbonyl (C=O) groups excluding carboxylic acids is 2. The van der Waals surface area contributed by atoms with Crippen LogP contribution in [0.25, 0.3) is 16.8 Å². The van der Waals surface area contributed by atoms with Crippen LogP contribution in [0, 0.1) is 0 Å². The van der Waals surface area contributed by atoms with Crippen molar-refractivity contribution in [2.75, 3.05) is 13.4 Å². The molecular weight excluding hydrogens is 512 g/mol. The predicted molar refractivity (Wildman–Crippen MR) is 103 cm³/mol. The van der Waals surface area contributed by atoms with Crippen molar-refractivity contribution in [2.45, 2.75) is 19.0 Å². The molecule has 0 bridgehead atoms. The Balaban J connectivity index is 0.000000752. The molecule has 0 atom stereocenters. The molecule has 8 nitrogen and oxygen atoms in total. The molecule has 0 aliphatic rings. The summed E-state index contributed by atoms with van der Waals surface area (Å²) in [5.74, 6) is -1.40. The van der Waals surface area contributed by atoms with Crippen LogP contribution in [-0.2, 0) is 30.0 Å². The number of hydrogen-bond donors (Lipinski definition) is 0. The van der Waals surface area contributed by atoms with Gasteiger partial charge < -0.3 is 24.5 Å². The van der Waals surface area contributed by atoms with Crippen molar-refractivity contribution >= 4 is 40.8 Å². The van der Waals surface area contributed by atoms with Crippen LogP contribution in [-0.4, -0.2) is 39.9 Å². The Morgan fingerprint density at radius 1 is 1.14 bits per heavy atom. The SMILES string of the molecule is CC(=O)[O-].CC(=O)[O-].COc1ccc(Cl)cc1-c1ccc2cnc(SC)nn12.[Pd+2]. The van der Waals surface area contributed by atoms with Crippen molar-refractivity contribution in [3.63, 3.8) is 0 Å². The van der Waals surface area contributed by atoms with Gasteiger partial charge in [0.1, 0.15) is 5.75 Å². The summed E-state index contributed by atoms with van der Waals surface area (Å²) in [4.78, 5) is 22.0. The summed E-state index contributed by atoms with van der Waals surface area (Å²) in [6.45, 7) is 1.94. The molecule has 1 aromatic carbocycles.